The minimum atomic E-state index is -2.96. The fourth-order valence-corrected chi connectivity index (χ4v) is 3.03. The van der Waals surface area contributed by atoms with Gasteiger partial charge in [-0.1, -0.05) is 13.8 Å². The lowest BCUT2D eigenvalue weighted by Gasteiger charge is -2.21. The van der Waals surface area contributed by atoms with Crippen LogP contribution in [0.2, 0.25) is 0 Å². The first-order chi connectivity index (χ1) is 13.6. The summed E-state index contributed by atoms with van der Waals surface area (Å²) in [5, 5.41) is 3.81. The standard InChI is InChI=1S/C20H22F4N4O/c1-11(2)20(23,24)10-28-8-6-14-15(28)5-7-25-18(14)27-17-12(3)9-16(26-13(17)4)29-19(21)22/h5-9,11,19H,10H2,1-4H3,(H,25,27). The normalized spacial score (nSPS) is 12.2. The summed E-state index contributed by atoms with van der Waals surface area (Å²) in [6, 6.07) is 4.79. The number of nitrogens with one attached hydrogen (secondary N) is 1. The van der Waals surface area contributed by atoms with E-state index in [0.717, 1.165) is 0 Å². The number of nitrogens with zero attached hydrogens (tertiary/aromatic N) is 3. The maximum Gasteiger partial charge on any atom is 0.388 e. The van der Waals surface area contributed by atoms with Crippen LogP contribution in [0.15, 0.2) is 30.6 Å². The molecule has 0 radical (unpaired) electrons. The fourth-order valence-electron chi connectivity index (χ4n) is 3.03. The molecule has 0 atom stereocenters. The van der Waals surface area contributed by atoms with E-state index in [4.69, 9.17) is 0 Å². The molecule has 0 fully saturated rings. The summed E-state index contributed by atoms with van der Waals surface area (Å²) in [7, 11) is 0. The highest BCUT2D eigenvalue weighted by atomic mass is 19.3. The van der Waals surface area contributed by atoms with Crippen molar-refractivity contribution in [2.75, 3.05) is 5.32 Å². The Morgan fingerprint density at radius 1 is 1.21 bits per heavy atom. The number of fused-ring (bicyclic) bond motifs is 1. The zero-order chi connectivity index (χ0) is 21.3. The van der Waals surface area contributed by atoms with Crippen LogP contribution in [0.1, 0.15) is 25.1 Å². The van der Waals surface area contributed by atoms with E-state index < -0.39 is 25.0 Å². The van der Waals surface area contributed by atoms with Crippen molar-refractivity contribution in [1.82, 2.24) is 14.5 Å². The van der Waals surface area contributed by atoms with Crippen molar-refractivity contribution in [3.63, 3.8) is 0 Å². The summed E-state index contributed by atoms with van der Waals surface area (Å²) in [6.07, 6.45) is 3.13. The second-order valence-corrected chi connectivity index (χ2v) is 7.19. The Labute approximate surface area is 165 Å². The number of hydrogen-bond donors (Lipinski definition) is 1. The highest BCUT2D eigenvalue weighted by molar-refractivity contribution is 5.92. The number of rotatable bonds is 7. The Bertz CT molecular complexity index is 994. The first-order valence-electron chi connectivity index (χ1n) is 9.10. The van der Waals surface area contributed by atoms with E-state index in [9.17, 15) is 17.6 Å². The molecule has 0 saturated carbocycles. The highest BCUT2D eigenvalue weighted by Crippen LogP contribution is 2.32. The molecule has 3 aromatic heterocycles. The maximum absolute atomic E-state index is 14.2. The second-order valence-electron chi connectivity index (χ2n) is 7.19. The molecule has 3 heterocycles. The third kappa shape index (κ3) is 4.44. The van der Waals surface area contributed by atoms with E-state index >= 15 is 0 Å². The Kier molecular flexibility index (Phi) is 5.68. The SMILES string of the molecule is Cc1cc(OC(F)F)nc(C)c1Nc1nccc2c1ccn2CC(F)(F)C(C)C. The molecule has 0 spiro atoms. The van der Waals surface area contributed by atoms with Crippen molar-refractivity contribution >= 4 is 22.4 Å². The topological polar surface area (TPSA) is 52.0 Å². The van der Waals surface area contributed by atoms with Gasteiger partial charge in [0.05, 0.1) is 23.4 Å². The Balaban J connectivity index is 1.94. The third-order valence-corrected chi connectivity index (χ3v) is 4.75. The van der Waals surface area contributed by atoms with Gasteiger partial charge in [-0.25, -0.2) is 18.7 Å². The van der Waals surface area contributed by atoms with Crippen LogP contribution in [-0.2, 0) is 6.54 Å². The summed E-state index contributed by atoms with van der Waals surface area (Å²) in [6.45, 7) is 2.96. The molecular formula is C20H22F4N4O. The van der Waals surface area contributed by atoms with Crippen LogP contribution in [0.25, 0.3) is 10.9 Å². The number of alkyl halides is 4. The number of pyridine rings is 2. The molecule has 156 valence electrons. The van der Waals surface area contributed by atoms with Crippen molar-refractivity contribution in [1.29, 1.82) is 0 Å². The van der Waals surface area contributed by atoms with Crippen molar-refractivity contribution in [2.45, 2.75) is 46.8 Å². The molecule has 0 amide bonds. The minimum Gasteiger partial charge on any atom is -0.417 e. The first kappa shape index (κ1) is 20.9. The van der Waals surface area contributed by atoms with Gasteiger partial charge in [-0.15, -0.1) is 0 Å². The average molecular weight is 410 g/mol. The molecule has 3 aromatic rings. The second kappa shape index (κ2) is 7.88. The molecule has 29 heavy (non-hydrogen) atoms. The maximum atomic E-state index is 14.2. The van der Waals surface area contributed by atoms with Gasteiger partial charge < -0.3 is 14.6 Å². The van der Waals surface area contributed by atoms with Crippen LogP contribution >= 0.6 is 0 Å². The lowest BCUT2D eigenvalue weighted by Crippen LogP contribution is -2.29. The zero-order valence-electron chi connectivity index (χ0n) is 16.5. The van der Waals surface area contributed by atoms with Crippen molar-refractivity contribution < 1.29 is 22.3 Å². The minimum absolute atomic E-state index is 0.172. The first-order valence-corrected chi connectivity index (χ1v) is 9.10. The number of hydrogen-bond acceptors (Lipinski definition) is 4. The van der Waals surface area contributed by atoms with E-state index in [0.29, 0.717) is 33.7 Å². The summed E-state index contributed by atoms with van der Waals surface area (Å²) >= 11 is 0. The van der Waals surface area contributed by atoms with Gasteiger partial charge >= 0.3 is 6.61 Å². The lowest BCUT2D eigenvalue weighted by molar-refractivity contribution is -0.0588. The Morgan fingerprint density at radius 2 is 1.93 bits per heavy atom. The Morgan fingerprint density at radius 3 is 2.55 bits per heavy atom. The molecule has 3 rings (SSSR count). The number of aromatic nitrogens is 3. The molecule has 0 bridgehead atoms. The molecule has 0 saturated heterocycles. The van der Waals surface area contributed by atoms with Crippen LogP contribution in [0.5, 0.6) is 5.88 Å². The molecular weight excluding hydrogens is 388 g/mol. The van der Waals surface area contributed by atoms with Gasteiger partial charge in [0.2, 0.25) is 5.88 Å². The van der Waals surface area contributed by atoms with Crippen LogP contribution in [-0.4, -0.2) is 27.1 Å². The predicted octanol–water partition coefficient (Wildman–Crippen LogP) is 5.68. The molecule has 0 aliphatic heterocycles. The third-order valence-electron chi connectivity index (χ3n) is 4.75. The van der Waals surface area contributed by atoms with E-state index in [1.807, 2.05) is 0 Å². The molecule has 1 N–H and O–H groups in total. The van der Waals surface area contributed by atoms with Crippen molar-refractivity contribution in [3.8, 4) is 5.88 Å². The zero-order valence-corrected chi connectivity index (χ0v) is 16.5. The molecule has 0 aromatic carbocycles. The van der Waals surface area contributed by atoms with Gasteiger partial charge in [-0.3, -0.25) is 0 Å². The van der Waals surface area contributed by atoms with Crippen LogP contribution in [0.4, 0.5) is 29.1 Å². The van der Waals surface area contributed by atoms with Crippen molar-refractivity contribution in [2.24, 2.45) is 5.92 Å². The van der Waals surface area contributed by atoms with Crippen LogP contribution in [0, 0.1) is 19.8 Å². The number of aryl methyl sites for hydroxylation is 2. The molecule has 5 nitrogen and oxygen atoms in total. The quantitative estimate of drug-likeness (QED) is 0.509. The highest BCUT2D eigenvalue weighted by Gasteiger charge is 2.34. The van der Waals surface area contributed by atoms with Crippen LogP contribution in [0.3, 0.4) is 0 Å². The van der Waals surface area contributed by atoms with Crippen LogP contribution < -0.4 is 10.1 Å². The lowest BCUT2D eigenvalue weighted by atomic mass is 10.1. The largest absolute Gasteiger partial charge is 0.417 e. The summed E-state index contributed by atoms with van der Waals surface area (Å²) in [5.74, 6) is -3.34. The van der Waals surface area contributed by atoms with E-state index in [-0.39, 0.29) is 5.88 Å². The average Bonchev–Trinajstić information content (AvgIpc) is 3.00. The number of halogens is 4. The van der Waals surface area contributed by atoms with E-state index in [1.165, 1.54) is 30.7 Å². The van der Waals surface area contributed by atoms with E-state index in [1.54, 1.807) is 32.2 Å². The van der Waals surface area contributed by atoms with E-state index in [2.05, 4.69) is 20.0 Å². The van der Waals surface area contributed by atoms with Gasteiger partial charge in [0.1, 0.15) is 5.82 Å². The van der Waals surface area contributed by atoms with Gasteiger partial charge in [0.25, 0.3) is 5.92 Å². The molecule has 0 aliphatic rings. The Hall–Kier alpha value is -2.84. The fraction of sp³-hybridized carbons (Fsp3) is 0.400. The summed E-state index contributed by atoms with van der Waals surface area (Å²) in [5.41, 5.74) is 2.29. The number of ether oxygens (including phenoxy) is 1. The van der Waals surface area contributed by atoms with Gasteiger partial charge in [0, 0.05) is 29.8 Å². The molecule has 0 aliphatic carbocycles. The molecule has 0 unspecified atom stereocenters. The predicted molar refractivity (Wildman–Crippen MR) is 103 cm³/mol. The summed E-state index contributed by atoms with van der Waals surface area (Å²) in [4.78, 5) is 8.34. The smallest absolute Gasteiger partial charge is 0.388 e. The summed E-state index contributed by atoms with van der Waals surface area (Å²) < 4.78 is 59.1. The van der Waals surface area contributed by atoms with Crippen molar-refractivity contribution in [3.05, 3.63) is 41.9 Å². The van der Waals surface area contributed by atoms with Gasteiger partial charge in [-0.2, -0.15) is 8.78 Å². The molecule has 9 heteroatoms. The van der Waals surface area contributed by atoms with Gasteiger partial charge in [-0.05, 0) is 31.5 Å². The number of anilines is 2. The monoisotopic (exact) mass is 410 g/mol. The van der Waals surface area contributed by atoms with Gasteiger partial charge in [0.15, 0.2) is 0 Å².